The van der Waals surface area contributed by atoms with E-state index in [0.717, 1.165) is 12.8 Å². The van der Waals surface area contributed by atoms with Gasteiger partial charge in [0.25, 0.3) is 0 Å². The van der Waals surface area contributed by atoms with Crippen LogP contribution in [0.3, 0.4) is 0 Å². The van der Waals surface area contributed by atoms with Crippen LogP contribution in [0.2, 0.25) is 0 Å². The molecule has 0 fully saturated rings. The Morgan fingerprint density at radius 2 is 2.10 bits per heavy atom. The molecule has 0 aliphatic heterocycles. The summed E-state index contributed by atoms with van der Waals surface area (Å²) in [6.07, 6.45) is 1.58. The fraction of sp³-hybridized carbons (Fsp3) is 0.562. The molecule has 118 valence electrons. The lowest BCUT2D eigenvalue weighted by Crippen LogP contribution is -2.36. The van der Waals surface area contributed by atoms with Crippen LogP contribution in [0.15, 0.2) is 24.3 Å². The van der Waals surface area contributed by atoms with Gasteiger partial charge in [0, 0.05) is 18.3 Å². The van der Waals surface area contributed by atoms with Crippen molar-refractivity contribution in [3.05, 3.63) is 24.3 Å². The van der Waals surface area contributed by atoms with E-state index in [1.807, 2.05) is 13.8 Å². The SMILES string of the molecule is CCC(CC)C(O)CNC(=O)CCOc1cccc(N)c1. The third-order valence-electron chi connectivity index (χ3n) is 3.56. The molecule has 5 heteroatoms. The van der Waals surface area contributed by atoms with Gasteiger partial charge in [-0.3, -0.25) is 4.79 Å². The molecule has 0 aliphatic rings. The van der Waals surface area contributed by atoms with Gasteiger partial charge in [0.1, 0.15) is 5.75 Å². The molecule has 0 aromatic heterocycles. The minimum atomic E-state index is -0.487. The van der Waals surface area contributed by atoms with Crippen molar-refractivity contribution in [1.29, 1.82) is 0 Å². The molecular weight excluding hydrogens is 268 g/mol. The number of nitrogen functional groups attached to an aromatic ring is 1. The highest BCUT2D eigenvalue weighted by Gasteiger charge is 2.16. The molecule has 5 nitrogen and oxygen atoms in total. The van der Waals surface area contributed by atoms with E-state index in [9.17, 15) is 9.90 Å². The first-order valence-electron chi connectivity index (χ1n) is 7.49. The molecule has 21 heavy (non-hydrogen) atoms. The molecule has 0 spiro atoms. The van der Waals surface area contributed by atoms with E-state index in [4.69, 9.17) is 10.5 Å². The summed E-state index contributed by atoms with van der Waals surface area (Å²) in [6.45, 7) is 4.66. The van der Waals surface area contributed by atoms with Crippen LogP contribution in [-0.2, 0) is 4.79 Å². The fourth-order valence-corrected chi connectivity index (χ4v) is 2.17. The summed E-state index contributed by atoms with van der Waals surface area (Å²) in [5.74, 6) is 0.762. The van der Waals surface area contributed by atoms with Crippen molar-refractivity contribution < 1.29 is 14.6 Å². The predicted octanol–water partition coefficient (Wildman–Crippen LogP) is 1.95. The van der Waals surface area contributed by atoms with Gasteiger partial charge in [0.2, 0.25) is 5.91 Å². The van der Waals surface area contributed by atoms with Crippen LogP contribution in [0.1, 0.15) is 33.1 Å². The second kappa shape index (κ2) is 9.23. The fourth-order valence-electron chi connectivity index (χ4n) is 2.17. The Kier molecular flexibility index (Phi) is 7.61. The monoisotopic (exact) mass is 294 g/mol. The minimum absolute atomic E-state index is 0.121. The zero-order chi connectivity index (χ0) is 15.7. The van der Waals surface area contributed by atoms with Gasteiger partial charge in [-0.05, 0) is 18.1 Å². The lowest BCUT2D eigenvalue weighted by atomic mass is 9.96. The van der Waals surface area contributed by atoms with Crippen LogP contribution in [0.25, 0.3) is 0 Å². The summed E-state index contributed by atoms with van der Waals surface area (Å²) in [5.41, 5.74) is 6.27. The molecule has 1 rings (SSSR count). The van der Waals surface area contributed by atoms with Crippen LogP contribution < -0.4 is 15.8 Å². The first kappa shape index (κ1) is 17.3. The number of rotatable bonds is 9. The van der Waals surface area contributed by atoms with Gasteiger partial charge in [-0.2, -0.15) is 0 Å². The van der Waals surface area contributed by atoms with Gasteiger partial charge in [0.05, 0.1) is 19.1 Å². The van der Waals surface area contributed by atoms with E-state index in [1.165, 1.54) is 0 Å². The van der Waals surface area contributed by atoms with Crippen molar-refractivity contribution in [2.45, 2.75) is 39.2 Å². The van der Waals surface area contributed by atoms with Crippen molar-refractivity contribution in [2.24, 2.45) is 5.92 Å². The highest BCUT2D eigenvalue weighted by molar-refractivity contribution is 5.76. The second-order valence-electron chi connectivity index (χ2n) is 5.12. The van der Waals surface area contributed by atoms with Crippen LogP contribution >= 0.6 is 0 Å². The second-order valence-corrected chi connectivity index (χ2v) is 5.12. The van der Waals surface area contributed by atoms with Gasteiger partial charge >= 0.3 is 0 Å². The lowest BCUT2D eigenvalue weighted by molar-refractivity contribution is -0.122. The number of nitrogens with one attached hydrogen (secondary N) is 1. The molecule has 0 saturated carbocycles. The van der Waals surface area contributed by atoms with E-state index < -0.39 is 6.10 Å². The average molecular weight is 294 g/mol. The van der Waals surface area contributed by atoms with E-state index in [2.05, 4.69) is 5.32 Å². The molecule has 4 N–H and O–H groups in total. The predicted molar refractivity (Wildman–Crippen MR) is 84.1 cm³/mol. The summed E-state index contributed by atoms with van der Waals surface area (Å²) in [7, 11) is 0. The van der Waals surface area contributed by atoms with Gasteiger partial charge in [-0.25, -0.2) is 0 Å². The highest BCUT2D eigenvalue weighted by atomic mass is 16.5. The first-order valence-corrected chi connectivity index (χ1v) is 7.49. The van der Waals surface area contributed by atoms with Crippen molar-refractivity contribution in [3.8, 4) is 5.75 Å². The summed E-state index contributed by atoms with van der Waals surface area (Å²) in [4.78, 5) is 11.7. The zero-order valence-electron chi connectivity index (χ0n) is 12.8. The number of nitrogens with two attached hydrogens (primary N) is 1. The number of aliphatic hydroxyl groups excluding tert-OH is 1. The summed E-state index contributed by atoms with van der Waals surface area (Å²) < 4.78 is 5.45. The van der Waals surface area contributed by atoms with E-state index in [-0.39, 0.29) is 24.9 Å². The summed E-state index contributed by atoms with van der Waals surface area (Å²) in [5, 5.41) is 12.7. The topological polar surface area (TPSA) is 84.6 Å². The van der Waals surface area contributed by atoms with Crippen LogP contribution in [0.5, 0.6) is 5.75 Å². The first-order chi connectivity index (χ1) is 10.1. The maximum Gasteiger partial charge on any atom is 0.223 e. The number of hydrogen-bond acceptors (Lipinski definition) is 4. The lowest BCUT2D eigenvalue weighted by Gasteiger charge is -2.20. The average Bonchev–Trinajstić information content (AvgIpc) is 2.46. The molecule has 1 atom stereocenters. The molecule has 1 unspecified atom stereocenters. The molecule has 1 amide bonds. The molecule has 0 aliphatic carbocycles. The molecular formula is C16H26N2O3. The van der Waals surface area contributed by atoms with Gasteiger partial charge in [0.15, 0.2) is 0 Å². The Morgan fingerprint density at radius 1 is 1.38 bits per heavy atom. The Balaban J connectivity index is 2.22. The normalized spacial score (nSPS) is 12.2. The van der Waals surface area contributed by atoms with Crippen LogP contribution in [0.4, 0.5) is 5.69 Å². The summed E-state index contributed by atoms with van der Waals surface area (Å²) in [6, 6.07) is 7.09. The number of amides is 1. The van der Waals surface area contributed by atoms with E-state index in [1.54, 1.807) is 24.3 Å². The Bertz CT molecular complexity index is 433. The highest BCUT2D eigenvalue weighted by Crippen LogP contribution is 2.14. The molecule has 0 radical (unpaired) electrons. The minimum Gasteiger partial charge on any atom is -0.493 e. The standard InChI is InChI=1S/C16H26N2O3/c1-3-12(4-2)15(19)11-18-16(20)8-9-21-14-7-5-6-13(17)10-14/h5-7,10,12,15,19H,3-4,8-9,11,17H2,1-2H3,(H,18,20). The number of aliphatic hydroxyl groups is 1. The quantitative estimate of drug-likeness (QED) is 0.608. The molecule has 0 saturated heterocycles. The molecule has 0 heterocycles. The zero-order valence-corrected chi connectivity index (χ0v) is 12.8. The maximum absolute atomic E-state index is 11.7. The van der Waals surface area contributed by atoms with E-state index >= 15 is 0 Å². The summed E-state index contributed by atoms with van der Waals surface area (Å²) >= 11 is 0. The molecule has 0 bridgehead atoms. The number of carbonyl (C=O) groups excluding carboxylic acids is 1. The number of anilines is 1. The number of benzene rings is 1. The van der Waals surface area contributed by atoms with E-state index in [0.29, 0.717) is 18.0 Å². The number of ether oxygens (including phenoxy) is 1. The smallest absolute Gasteiger partial charge is 0.223 e. The molecule has 1 aromatic rings. The Labute approximate surface area is 126 Å². The Morgan fingerprint density at radius 3 is 2.71 bits per heavy atom. The van der Waals surface area contributed by atoms with Gasteiger partial charge < -0.3 is 20.9 Å². The van der Waals surface area contributed by atoms with Gasteiger partial charge in [-0.15, -0.1) is 0 Å². The largest absolute Gasteiger partial charge is 0.493 e. The van der Waals surface area contributed by atoms with Gasteiger partial charge in [-0.1, -0.05) is 32.8 Å². The maximum atomic E-state index is 11.7. The van der Waals surface area contributed by atoms with Crippen molar-refractivity contribution >= 4 is 11.6 Å². The molecule has 1 aromatic carbocycles. The third kappa shape index (κ3) is 6.49. The third-order valence-corrected chi connectivity index (χ3v) is 3.56. The van der Waals surface area contributed by atoms with Crippen molar-refractivity contribution in [3.63, 3.8) is 0 Å². The number of carbonyl (C=O) groups is 1. The van der Waals surface area contributed by atoms with Crippen LogP contribution in [-0.4, -0.2) is 30.3 Å². The number of hydrogen-bond donors (Lipinski definition) is 3. The van der Waals surface area contributed by atoms with Crippen LogP contribution in [0, 0.1) is 5.92 Å². The van der Waals surface area contributed by atoms with Crippen molar-refractivity contribution in [2.75, 3.05) is 18.9 Å². The Hall–Kier alpha value is -1.75. The van der Waals surface area contributed by atoms with Crippen molar-refractivity contribution in [1.82, 2.24) is 5.32 Å².